The van der Waals surface area contributed by atoms with Crippen molar-refractivity contribution in [2.24, 2.45) is 0 Å². The number of nitrogens with one attached hydrogen (secondary N) is 1. The second kappa shape index (κ2) is 5.18. The summed E-state index contributed by atoms with van der Waals surface area (Å²) >= 11 is 0. The van der Waals surface area contributed by atoms with E-state index in [1.165, 1.54) is 32.4 Å². The predicted molar refractivity (Wildman–Crippen MR) is 84.0 cm³/mol. The zero-order chi connectivity index (χ0) is 14.2. The lowest BCUT2D eigenvalue weighted by Gasteiger charge is -2.24. The van der Waals surface area contributed by atoms with Gasteiger partial charge in [-0.25, -0.2) is 9.97 Å². The highest BCUT2D eigenvalue weighted by atomic mass is 15.3. The van der Waals surface area contributed by atoms with E-state index in [0.29, 0.717) is 6.04 Å². The summed E-state index contributed by atoms with van der Waals surface area (Å²) in [5.41, 5.74) is 0.955. The summed E-state index contributed by atoms with van der Waals surface area (Å²) in [5.74, 6) is 1.90. The van der Waals surface area contributed by atoms with Crippen LogP contribution in [0.4, 0.5) is 11.6 Å². The number of likely N-dealkylation sites (tertiary alicyclic amines) is 1. The molecule has 6 heteroatoms. The summed E-state index contributed by atoms with van der Waals surface area (Å²) in [6, 6.07) is 0.683. The third-order valence-corrected chi connectivity index (χ3v) is 4.73. The first-order chi connectivity index (χ1) is 10.3. The lowest BCUT2D eigenvalue weighted by atomic mass is 10.2. The van der Waals surface area contributed by atoms with Crippen LogP contribution in [-0.2, 0) is 0 Å². The Balaban J connectivity index is 1.62. The zero-order valence-corrected chi connectivity index (χ0v) is 12.5. The van der Waals surface area contributed by atoms with Gasteiger partial charge in [0.2, 0.25) is 0 Å². The second-order valence-electron chi connectivity index (χ2n) is 5.99. The molecule has 0 aromatic carbocycles. The third kappa shape index (κ3) is 2.23. The molecule has 2 aromatic heterocycles. The van der Waals surface area contributed by atoms with E-state index in [9.17, 15) is 0 Å². The minimum atomic E-state index is 0.683. The first-order valence-corrected chi connectivity index (χ1v) is 7.85. The first-order valence-electron chi connectivity index (χ1n) is 7.85. The highest BCUT2D eigenvalue weighted by Gasteiger charge is 2.31. The van der Waals surface area contributed by atoms with Crippen molar-refractivity contribution in [3.8, 4) is 0 Å². The van der Waals surface area contributed by atoms with Crippen LogP contribution < -0.4 is 10.2 Å². The maximum absolute atomic E-state index is 4.75. The molecule has 112 valence electrons. The fourth-order valence-corrected chi connectivity index (χ4v) is 3.59. The summed E-state index contributed by atoms with van der Waals surface area (Å²) in [6.07, 6.45) is 9.75. The number of aromatic nitrogens is 3. The molecule has 2 aliphatic rings. The summed E-state index contributed by atoms with van der Waals surface area (Å²) in [4.78, 5) is 14.3. The Kier molecular flexibility index (Phi) is 3.18. The van der Waals surface area contributed by atoms with E-state index in [0.717, 1.165) is 30.4 Å². The van der Waals surface area contributed by atoms with Gasteiger partial charge in [0.15, 0.2) is 11.5 Å². The topological polar surface area (TPSA) is 48.7 Å². The summed E-state index contributed by atoms with van der Waals surface area (Å²) in [5, 5.41) is 3.14. The SMILES string of the molecule is CNc1cn2ccnc2c(N2CCC(N3CCCC3)C2)n1. The molecule has 2 fully saturated rings. The molecule has 21 heavy (non-hydrogen) atoms. The van der Waals surface area contributed by atoms with Gasteiger partial charge in [-0.1, -0.05) is 0 Å². The molecule has 4 rings (SSSR count). The standard InChI is InChI=1S/C15H22N6/c1-16-13-11-21-9-5-17-14(21)15(18-13)20-8-4-12(10-20)19-6-2-3-7-19/h5,9,11-12,16H,2-4,6-8,10H2,1H3. The molecule has 2 saturated heterocycles. The van der Waals surface area contributed by atoms with E-state index >= 15 is 0 Å². The van der Waals surface area contributed by atoms with Crippen molar-refractivity contribution < 1.29 is 0 Å². The van der Waals surface area contributed by atoms with E-state index in [1.54, 1.807) is 0 Å². The smallest absolute Gasteiger partial charge is 0.180 e. The van der Waals surface area contributed by atoms with Crippen LogP contribution >= 0.6 is 0 Å². The van der Waals surface area contributed by atoms with Crippen molar-refractivity contribution >= 4 is 17.3 Å². The second-order valence-corrected chi connectivity index (χ2v) is 5.99. The minimum Gasteiger partial charge on any atom is -0.372 e. The summed E-state index contributed by atoms with van der Waals surface area (Å²) in [6.45, 7) is 4.68. The Bertz CT molecular complexity index is 630. The van der Waals surface area contributed by atoms with E-state index in [4.69, 9.17) is 4.98 Å². The van der Waals surface area contributed by atoms with E-state index in [-0.39, 0.29) is 0 Å². The lowest BCUT2D eigenvalue weighted by Crippen LogP contribution is -2.35. The molecule has 1 unspecified atom stereocenters. The lowest BCUT2D eigenvalue weighted by molar-refractivity contribution is 0.260. The van der Waals surface area contributed by atoms with Gasteiger partial charge in [-0.2, -0.15) is 0 Å². The maximum Gasteiger partial charge on any atom is 0.180 e. The molecule has 1 N–H and O–H groups in total. The Morgan fingerprint density at radius 2 is 2.10 bits per heavy atom. The fraction of sp³-hybridized carbons (Fsp3) is 0.600. The molecule has 0 bridgehead atoms. The van der Waals surface area contributed by atoms with Crippen LogP contribution in [0.2, 0.25) is 0 Å². The van der Waals surface area contributed by atoms with Gasteiger partial charge in [0, 0.05) is 38.6 Å². The van der Waals surface area contributed by atoms with Crippen LogP contribution in [0.3, 0.4) is 0 Å². The van der Waals surface area contributed by atoms with Crippen LogP contribution in [0.5, 0.6) is 0 Å². The van der Waals surface area contributed by atoms with E-state index in [2.05, 4.69) is 24.5 Å². The number of imidazole rings is 1. The Morgan fingerprint density at radius 3 is 2.90 bits per heavy atom. The number of hydrogen-bond acceptors (Lipinski definition) is 5. The minimum absolute atomic E-state index is 0.683. The average Bonchev–Trinajstić information content (AvgIpc) is 3.24. The van der Waals surface area contributed by atoms with Gasteiger partial charge in [0.1, 0.15) is 5.82 Å². The third-order valence-electron chi connectivity index (χ3n) is 4.73. The number of fused-ring (bicyclic) bond motifs is 1. The monoisotopic (exact) mass is 286 g/mol. The predicted octanol–water partition coefficient (Wildman–Crippen LogP) is 1.45. The van der Waals surface area contributed by atoms with Crippen LogP contribution in [0.1, 0.15) is 19.3 Å². The van der Waals surface area contributed by atoms with Gasteiger partial charge in [-0.05, 0) is 32.4 Å². The normalized spacial score (nSPS) is 23.3. The Hall–Kier alpha value is -1.82. The van der Waals surface area contributed by atoms with Crippen molar-refractivity contribution in [1.29, 1.82) is 0 Å². The number of nitrogens with zero attached hydrogens (tertiary/aromatic N) is 5. The molecule has 2 aromatic rings. The Labute approximate surface area is 124 Å². The van der Waals surface area contributed by atoms with Gasteiger partial charge in [0.05, 0.1) is 6.20 Å². The maximum atomic E-state index is 4.75. The fourth-order valence-electron chi connectivity index (χ4n) is 3.59. The quantitative estimate of drug-likeness (QED) is 0.925. The van der Waals surface area contributed by atoms with Gasteiger partial charge in [0.25, 0.3) is 0 Å². The van der Waals surface area contributed by atoms with Gasteiger partial charge < -0.3 is 14.6 Å². The summed E-state index contributed by atoms with van der Waals surface area (Å²) in [7, 11) is 1.91. The van der Waals surface area contributed by atoms with Crippen molar-refractivity contribution in [3.05, 3.63) is 18.6 Å². The van der Waals surface area contributed by atoms with Gasteiger partial charge >= 0.3 is 0 Å². The zero-order valence-electron chi connectivity index (χ0n) is 12.5. The van der Waals surface area contributed by atoms with Crippen molar-refractivity contribution in [3.63, 3.8) is 0 Å². The van der Waals surface area contributed by atoms with Gasteiger partial charge in [-0.15, -0.1) is 0 Å². The number of rotatable bonds is 3. The highest BCUT2D eigenvalue weighted by molar-refractivity contribution is 5.67. The van der Waals surface area contributed by atoms with Crippen LogP contribution in [0.15, 0.2) is 18.6 Å². The van der Waals surface area contributed by atoms with Gasteiger partial charge in [-0.3, -0.25) is 4.90 Å². The molecular formula is C15H22N6. The molecule has 6 nitrogen and oxygen atoms in total. The van der Waals surface area contributed by atoms with Crippen LogP contribution in [0.25, 0.3) is 5.65 Å². The molecule has 0 radical (unpaired) electrons. The van der Waals surface area contributed by atoms with Crippen molar-refractivity contribution in [2.45, 2.75) is 25.3 Å². The molecule has 1 atom stereocenters. The van der Waals surface area contributed by atoms with Crippen molar-refractivity contribution in [1.82, 2.24) is 19.3 Å². The molecular weight excluding hydrogens is 264 g/mol. The van der Waals surface area contributed by atoms with Crippen molar-refractivity contribution in [2.75, 3.05) is 43.4 Å². The largest absolute Gasteiger partial charge is 0.372 e. The van der Waals surface area contributed by atoms with Crippen LogP contribution in [0, 0.1) is 0 Å². The molecule has 0 saturated carbocycles. The molecule has 0 amide bonds. The average molecular weight is 286 g/mol. The van der Waals surface area contributed by atoms with E-state index in [1.807, 2.05) is 25.6 Å². The number of hydrogen-bond donors (Lipinski definition) is 1. The highest BCUT2D eigenvalue weighted by Crippen LogP contribution is 2.27. The van der Waals surface area contributed by atoms with E-state index < -0.39 is 0 Å². The molecule has 0 aliphatic carbocycles. The summed E-state index contributed by atoms with van der Waals surface area (Å²) < 4.78 is 2.05. The van der Waals surface area contributed by atoms with Crippen LogP contribution in [-0.4, -0.2) is 58.5 Å². The first kappa shape index (κ1) is 12.9. The molecule has 0 spiro atoms. The number of anilines is 2. The molecule has 4 heterocycles. The molecule has 2 aliphatic heterocycles. The Morgan fingerprint density at radius 1 is 1.24 bits per heavy atom.